The molecule has 0 spiro atoms. The molecule has 1 aromatic heterocycles. The molecule has 1 nitrogen and oxygen atoms in total. The number of hydrogen-bond donors (Lipinski definition) is 1. The van der Waals surface area contributed by atoms with E-state index >= 15 is 0 Å². The summed E-state index contributed by atoms with van der Waals surface area (Å²) in [7, 11) is 0. The second kappa shape index (κ2) is 7.02. The van der Waals surface area contributed by atoms with Crippen molar-refractivity contribution in [1.29, 1.82) is 0 Å². The van der Waals surface area contributed by atoms with Crippen LogP contribution in [-0.2, 0) is 6.42 Å². The second-order valence-corrected chi connectivity index (χ2v) is 4.73. The van der Waals surface area contributed by atoms with Crippen LogP contribution in [0.4, 0.5) is 0 Å². The summed E-state index contributed by atoms with van der Waals surface area (Å²) in [4.78, 5) is 0. The van der Waals surface area contributed by atoms with Crippen LogP contribution >= 0.6 is 11.3 Å². The maximum atomic E-state index is 6.05. The van der Waals surface area contributed by atoms with Crippen molar-refractivity contribution < 1.29 is 0 Å². The van der Waals surface area contributed by atoms with Gasteiger partial charge in [0.25, 0.3) is 0 Å². The third kappa shape index (κ3) is 4.77. The van der Waals surface area contributed by atoms with Gasteiger partial charge in [0.2, 0.25) is 0 Å². The van der Waals surface area contributed by atoms with Crippen LogP contribution in [0.1, 0.15) is 44.6 Å². The lowest BCUT2D eigenvalue weighted by atomic mass is 10.0. The zero-order valence-electron chi connectivity index (χ0n) is 9.04. The first-order valence-electron chi connectivity index (χ1n) is 5.59. The van der Waals surface area contributed by atoms with E-state index in [9.17, 15) is 0 Å². The Hall–Kier alpha value is -0.340. The molecule has 0 fully saturated rings. The van der Waals surface area contributed by atoms with E-state index in [-0.39, 0.29) is 0 Å². The van der Waals surface area contributed by atoms with E-state index in [2.05, 4.69) is 23.8 Å². The Morgan fingerprint density at radius 2 is 2.21 bits per heavy atom. The summed E-state index contributed by atoms with van der Waals surface area (Å²) in [6, 6.07) is 2.54. The van der Waals surface area contributed by atoms with Crippen LogP contribution in [0.3, 0.4) is 0 Å². The zero-order valence-corrected chi connectivity index (χ0v) is 9.85. The summed E-state index contributed by atoms with van der Waals surface area (Å²) in [6.07, 6.45) is 7.52. The van der Waals surface area contributed by atoms with E-state index in [4.69, 9.17) is 5.73 Å². The van der Waals surface area contributed by atoms with Crippen LogP contribution in [0.5, 0.6) is 0 Å². The summed E-state index contributed by atoms with van der Waals surface area (Å²) in [5.74, 6) is 0. The van der Waals surface area contributed by atoms with E-state index in [0.717, 1.165) is 6.42 Å². The number of thiophene rings is 1. The number of nitrogens with two attached hydrogens (primary N) is 1. The van der Waals surface area contributed by atoms with E-state index in [1.54, 1.807) is 11.3 Å². The summed E-state index contributed by atoms with van der Waals surface area (Å²) in [5, 5.41) is 4.32. The Morgan fingerprint density at radius 1 is 1.36 bits per heavy atom. The third-order valence-electron chi connectivity index (χ3n) is 2.51. The molecular weight excluding hydrogens is 190 g/mol. The lowest BCUT2D eigenvalue weighted by molar-refractivity contribution is 0.546. The Kier molecular flexibility index (Phi) is 5.88. The standard InChI is InChI=1S/C12H21NS/c1-2-3-4-5-6-12(13)9-11-7-8-14-10-11/h7-8,10,12H,2-6,9,13H2,1H3. The molecule has 0 aliphatic rings. The van der Waals surface area contributed by atoms with E-state index in [1.165, 1.54) is 37.7 Å². The van der Waals surface area contributed by atoms with Crippen LogP contribution in [0.2, 0.25) is 0 Å². The molecule has 0 aliphatic carbocycles. The first kappa shape index (κ1) is 11.7. The van der Waals surface area contributed by atoms with Gasteiger partial charge in [-0.1, -0.05) is 32.6 Å². The molecule has 0 aliphatic heterocycles. The minimum absolute atomic E-state index is 0.362. The quantitative estimate of drug-likeness (QED) is 0.685. The van der Waals surface area contributed by atoms with Gasteiger partial charge in [-0.05, 0) is 35.2 Å². The van der Waals surface area contributed by atoms with Crippen molar-refractivity contribution in [2.75, 3.05) is 0 Å². The van der Waals surface area contributed by atoms with Crippen LogP contribution in [-0.4, -0.2) is 6.04 Å². The van der Waals surface area contributed by atoms with Gasteiger partial charge in [-0.2, -0.15) is 11.3 Å². The molecule has 0 radical (unpaired) electrons. The topological polar surface area (TPSA) is 26.0 Å². The van der Waals surface area contributed by atoms with E-state index in [0.29, 0.717) is 6.04 Å². The number of rotatable bonds is 7. The summed E-state index contributed by atoms with van der Waals surface area (Å²) >= 11 is 1.76. The van der Waals surface area contributed by atoms with Crippen LogP contribution in [0.25, 0.3) is 0 Å². The lowest BCUT2D eigenvalue weighted by Crippen LogP contribution is -2.22. The highest BCUT2D eigenvalue weighted by molar-refractivity contribution is 7.07. The van der Waals surface area contributed by atoms with E-state index < -0.39 is 0 Å². The van der Waals surface area contributed by atoms with Crippen LogP contribution < -0.4 is 5.73 Å². The molecule has 1 aromatic rings. The van der Waals surface area contributed by atoms with Crippen LogP contribution in [0.15, 0.2) is 16.8 Å². The molecule has 1 rings (SSSR count). The van der Waals surface area contributed by atoms with Crippen molar-refractivity contribution in [2.45, 2.75) is 51.5 Å². The third-order valence-corrected chi connectivity index (χ3v) is 3.24. The fraction of sp³-hybridized carbons (Fsp3) is 0.667. The Morgan fingerprint density at radius 3 is 2.86 bits per heavy atom. The van der Waals surface area contributed by atoms with Gasteiger partial charge >= 0.3 is 0 Å². The molecule has 0 aromatic carbocycles. The molecule has 14 heavy (non-hydrogen) atoms. The van der Waals surface area contributed by atoms with Crippen molar-refractivity contribution >= 4 is 11.3 Å². The molecule has 0 saturated carbocycles. The number of unbranched alkanes of at least 4 members (excludes halogenated alkanes) is 3. The minimum atomic E-state index is 0.362. The molecule has 2 N–H and O–H groups in total. The highest BCUT2D eigenvalue weighted by Gasteiger charge is 2.03. The van der Waals surface area contributed by atoms with Gasteiger partial charge in [0, 0.05) is 6.04 Å². The highest BCUT2D eigenvalue weighted by atomic mass is 32.1. The molecule has 1 heterocycles. The van der Waals surface area contributed by atoms with Gasteiger partial charge in [-0.3, -0.25) is 0 Å². The van der Waals surface area contributed by atoms with Crippen LogP contribution in [0, 0.1) is 0 Å². The number of hydrogen-bond acceptors (Lipinski definition) is 2. The predicted octanol–water partition coefficient (Wildman–Crippen LogP) is 3.59. The molecule has 0 amide bonds. The molecule has 0 saturated heterocycles. The van der Waals surface area contributed by atoms with Gasteiger partial charge in [0.15, 0.2) is 0 Å². The molecule has 1 atom stereocenters. The smallest absolute Gasteiger partial charge is 0.00796 e. The fourth-order valence-corrected chi connectivity index (χ4v) is 2.33. The van der Waals surface area contributed by atoms with Gasteiger partial charge < -0.3 is 5.73 Å². The lowest BCUT2D eigenvalue weighted by Gasteiger charge is -2.09. The maximum absolute atomic E-state index is 6.05. The van der Waals surface area contributed by atoms with Gasteiger partial charge in [-0.25, -0.2) is 0 Å². The summed E-state index contributed by atoms with van der Waals surface area (Å²) in [5.41, 5.74) is 7.45. The molecule has 0 bridgehead atoms. The second-order valence-electron chi connectivity index (χ2n) is 3.95. The highest BCUT2D eigenvalue weighted by Crippen LogP contribution is 2.11. The summed E-state index contributed by atoms with van der Waals surface area (Å²) < 4.78 is 0. The van der Waals surface area contributed by atoms with Crippen molar-refractivity contribution in [3.05, 3.63) is 22.4 Å². The SMILES string of the molecule is CCCCCCC(N)Cc1ccsc1. The Labute approximate surface area is 91.3 Å². The fourth-order valence-electron chi connectivity index (χ4n) is 1.65. The Balaban J connectivity index is 2.07. The summed E-state index contributed by atoms with van der Waals surface area (Å²) in [6.45, 7) is 2.24. The normalized spacial score (nSPS) is 13.0. The van der Waals surface area contributed by atoms with Gasteiger partial charge in [0.1, 0.15) is 0 Å². The first-order chi connectivity index (χ1) is 6.83. The van der Waals surface area contributed by atoms with Crippen molar-refractivity contribution in [1.82, 2.24) is 0 Å². The van der Waals surface area contributed by atoms with Gasteiger partial charge in [-0.15, -0.1) is 0 Å². The molecule has 80 valence electrons. The minimum Gasteiger partial charge on any atom is -0.327 e. The van der Waals surface area contributed by atoms with Crippen molar-refractivity contribution in [3.8, 4) is 0 Å². The Bertz CT molecular complexity index is 218. The predicted molar refractivity (Wildman–Crippen MR) is 64.8 cm³/mol. The maximum Gasteiger partial charge on any atom is 0.00796 e. The van der Waals surface area contributed by atoms with Crippen molar-refractivity contribution in [3.63, 3.8) is 0 Å². The zero-order chi connectivity index (χ0) is 10.2. The first-order valence-corrected chi connectivity index (χ1v) is 6.54. The average molecular weight is 211 g/mol. The van der Waals surface area contributed by atoms with E-state index in [1.807, 2.05) is 0 Å². The monoisotopic (exact) mass is 211 g/mol. The average Bonchev–Trinajstić information content (AvgIpc) is 2.65. The molecular formula is C12H21NS. The molecule has 2 heteroatoms. The largest absolute Gasteiger partial charge is 0.327 e. The van der Waals surface area contributed by atoms with Gasteiger partial charge in [0.05, 0.1) is 0 Å². The van der Waals surface area contributed by atoms with Crippen molar-refractivity contribution in [2.24, 2.45) is 5.73 Å². The molecule has 1 unspecified atom stereocenters.